The van der Waals surface area contributed by atoms with Gasteiger partial charge in [-0.2, -0.15) is 0 Å². The van der Waals surface area contributed by atoms with Crippen molar-refractivity contribution in [2.75, 3.05) is 6.61 Å². The van der Waals surface area contributed by atoms with E-state index in [0.29, 0.717) is 11.8 Å². The maximum Gasteiger partial charge on any atom is 0.346 e. The van der Waals surface area contributed by atoms with E-state index in [1.165, 1.54) is 17.7 Å². The summed E-state index contributed by atoms with van der Waals surface area (Å²) >= 11 is 0. The monoisotopic (exact) mass is 496 g/mol. The van der Waals surface area contributed by atoms with E-state index in [2.05, 4.69) is 31.2 Å². The molecular formula is C30H31F3O3. The van der Waals surface area contributed by atoms with Crippen LogP contribution in [0.4, 0.5) is 13.2 Å². The van der Waals surface area contributed by atoms with Gasteiger partial charge in [0.25, 0.3) is 0 Å². The van der Waals surface area contributed by atoms with Crippen LogP contribution in [-0.4, -0.2) is 12.6 Å². The molecule has 1 unspecified atom stereocenters. The highest BCUT2D eigenvalue weighted by Crippen LogP contribution is 2.40. The fraction of sp³-hybridized carbons (Fsp3) is 0.367. The largest absolute Gasteiger partial charge is 0.488 e. The Morgan fingerprint density at radius 2 is 1.58 bits per heavy atom. The molecule has 0 bridgehead atoms. The molecule has 6 heteroatoms. The van der Waals surface area contributed by atoms with Gasteiger partial charge in [0, 0.05) is 12.1 Å². The van der Waals surface area contributed by atoms with Gasteiger partial charge in [0.1, 0.15) is 11.6 Å². The number of carbonyl (C=O) groups excluding carboxylic acids is 1. The molecule has 0 N–H and O–H groups in total. The Balaban J connectivity index is 1.35. The van der Waals surface area contributed by atoms with Crippen molar-refractivity contribution >= 4 is 5.97 Å². The predicted molar refractivity (Wildman–Crippen MR) is 133 cm³/mol. The molecule has 3 nitrogen and oxygen atoms in total. The normalized spacial score (nSPS) is 18.5. The quantitative estimate of drug-likeness (QED) is 0.233. The van der Waals surface area contributed by atoms with Crippen LogP contribution in [0.25, 0.3) is 0 Å². The molecule has 0 amide bonds. The van der Waals surface area contributed by atoms with E-state index in [1.54, 1.807) is 13.0 Å². The Hall–Kier alpha value is -3.28. The van der Waals surface area contributed by atoms with Crippen molar-refractivity contribution in [3.8, 4) is 11.5 Å². The highest BCUT2D eigenvalue weighted by atomic mass is 19.1. The first-order valence-electron chi connectivity index (χ1n) is 12.5. The summed E-state index contributed by atoms with van der Waals surface area (Å²) in [6.07, 6.45) is 5.26. The predicted octanol–water partition coefficient (Wildman–Crippen LogP) is 8.19. The van der Waals surface area contributed by atoms with Crippen LogP contribution in [0.2, 0.25) is 0 Å². The number of carbonyl (C=O) groups is 1. The van der Waals surface area contributed by atoms with Gasteiger partial charge in [-0.05, 0) is 80.0 Å². The summed E-state index contributed by atoms with van der Waals surface area (Å²) in [5.74, 6) is -3.22. The first-order chi connectivity index (χ1) is 17.4. The lowest BCUT2D eigenvalue weighted by Gasteiger charge is -2.30. The zero-order valence-electron chi connectivity index (χ0n) is 20.6. The topological polar surface area (TPSA) is 35.5 Å². The summed E-state index contributed by atoms with van der Waals surface area (Å²) in [6, 6.07) is 16.7. The maximum absolute atomic E-state index is 14.8. The van der Waals surface area contributed by atoms with E-state index in [9.17, 15) is 18.0 Å². The molecule has 0 spiro atoms. The van der Waals surface area contributed by atoms with Gasteiger partial charge in [-0.15, -0.1) is 0 Å². The fourth-order valence-corrected chi connectivity index (χ4v) is 5.14. The van der Waals surface area contributed by atoms with Crippen LogP contribution in [0.1, 0.15) is 79.3 Å². The molecular weight excluding hydrogens is 465 g/mol. The van der Waals surface area contributed by atoms with Gasteiger partial charge >= 0.3 is 5.97 Å². The molecule has 1 atom stereocenters. The average Bonchev–Trinajstić information content (AvgIpc) is 2.87. The summed E-state index contributed by atoms with van der Waals surface area (Å²) in [6.45, 7) is 3.95. The number of ether oxygens (including phenoxy) is 2. The fourth-order valence-electron chi connectivity index (χ4n) is 5.14. The van der Waals surface area contributed by atoms with E-state index in [4.69, 9.17) is 9.47 Å². The molecule has 0 radical (unpaired) electrons. The zero-order valence-corrected chi connectivity index (χ0v) is 20.6. The standard InChI is InChI=1S/C30H31F3O3/c1-3-35-29-27(32)17-24(18-28(29)33)36-30(34)25-14-13-23(16-26(25)31)22-11-9-20(10-12-22)15-19(2)21-7-5-4-6-8-21/h4-8,13-14,16-20,22H,3,9-12,15H2,1-2H3. The lowest BCUT2D eigenvalue weighted by molar-refractivity contribution is 0.0728. The first-order valence-corrected chi connectivity index (χ1v) is 12.5. The second-order valence-electron chi connectivity index (χ2n) is 9.54. The van der Waals surface area contributed by atoms with Crippen molar-refractivity contribution in [1.82, 2.24) is 0 Å². The van der Waals surface area contributed by atoms with Crippen LogP contribution in [0.5, 0.6) is 11.5 Å². The minimum atomic E-state index is -1.01. The number of esters is 1. The summed E-state index contributed by atoms with van der Waals surface area (Å²) < 4.78 is 52.9. The van der Waals surface area contributed by atoms with Crippen molar-refractivity contribution in [3.63, 3.8) is 0 Å². The number of hydrogen-bond acceptors (Lipinski definition) is 3. The van der Waals surface area contributed by atoms with Gasteiger partial charge in [0.2, 0.25) is 0 Å². The second-order valence-corrected chi connectivity index (χ2v) is 9.54. The Labute approximate surface area is 210 Å². The third-order valence-electron chi connectivity index (χ3n) is 7.06. The number of rotatable bonds is 8. The van der Waals surface area contributed by atoms with Crippen molar-refractivity contribution < 1.29 is 27.4 Å². The van der Waals surface area contributed by atoms with E-state index in [-0.39, 0.29) is 23.8 Å². The van der Waals surface area contributed by atoms with Crippen molar-refractivity contribution in [1.29, 1.82) is 0 Å². The molecule has 1 aliphatic carbocycles. The lowest BCUT2D eigenvalue weighted by atomic mass is 9.75. The molecule has 1 fully saturated rings. The van der Waals surface area contributed by atoms with Gasteiger partial charge in [-0.1, -0.05) is 43.3 Å². The summed E-state index contributed by atoms with van der Waals surface area (Å²) in [7, 11) is 0. The second kappa shape index (κ2) is 11.6. The lowest BCUT2D eigenvalue weighted by Crippen LogP contribution is -2.16. The molecule has 36 heavy (non-hydrogen) atoms. The van der Waals surface area contributed by atoms with Gasteiger partial charge in [-0.3, -0.25) is 0 Å². The third kappa shape index (κ3) is 6.10. The molecule has 0 heterocycles. The van der Waals surface area contributed by atoms with Crippen LogP contribution in [0, 0.1) is 23.4 Å². The summed E-state index contributed by atoms with van der Waals surface area (Å²) in [5.41, 5.74) is 1.94. The van der Waals surface area contributed by atoms with Crippen LogP contribution < -0.4 is 9.47 Å². The smallest absolute Gasteiger partial charge is 0.346 e. The van der Waals surface area contributed by atoms with Crippen molar-refractivity contribution in [2.45, 2.75) is 57.8 Å². The molecule has 3 aromatic rings. The molecule has 4 rings (SSSR count). The Morgan fingerprint density at radius 1 is 0.917 bits per heavy atom. The number of hydrogen-bond donors (Lipinski definition) is 0. The minimum Gasteiger partial charge on any atom is -0.488 e. The van der Waals surface area contributed by atoms with E-state index >= 15 is 0 Å². The molecule has 0 aliphatic heterocycles. The van der Waals surface area contributed by atoms with Crippen molar-refractivity contribution in [3.05, 3.63) is 94.8 Å². The molecule has 1 saturated carbocycles. The molecule has 1 aliphatic rings. The Bertz CT molecular complexity index is 1160. The van der Waals surface area contributed by atoms with Gasteiger partial charge in [0.05, 0.1) is 12.2 Å². The van der Waals surface area contributed by atoms with E-state index in [1.807, 2.05) is 6.07 Å². The summed E-state index contributed by atoms with van der Waals surface area (Å²) in [5, 5.41) is 0. The summed E-state index contributed by atoms with van der Waals surface area (Å²) in [4.78, 5) is 12.5. The Morgan fingerprint density at radius 3 is 2.19 bits per heavy atom. The first kappa shape index (κ1) is 25.8. The van der Waals surface area contributed by atoms with Crippen LogP contribution >= 0.6 is 0 Å². The van der Waals surface area contributed by atoms with Crippen LogP contribution in [0.15, 0.2) is 60.7 Å². The molecule has 0 saturated heterocycles. The molecule has 3 aromatic carbocycles. The van der Waals surface area contributed by atoms with Crippen LogP contribution in [0.3, 0.4) is 0 Å². The van der Waals surface area contributed by atoms with E-state index < -0.39 is 29.2 Å². The molecule has 190 valence electrons. The number of benzene rings is 3. The van der Waals surface area contributed by atoms with Gasteiger partial charge < -0.3 is 9.47 Å². The highest BCUT2D eigenvalue weighted by Gasteiger charge is 2.26. The average molecular weight is 497 g/mol. The zero-order chi connectivity index (χ0) is 25.7. The van der Waals surface area contributed by atoms with Crippen LogP contribution in [-0.2, 0) is 0 Å². The van der Waals surface area contributed by atoms with Crippen molar-refractivity contribution in [2.24, 2.45) is 5.92 Å². The number of halogens is 3. The van der Waals surface area contributed by atoms with Gasteiger partial charge in [-0.25, -0.2) is 18.0 Å². The van der Waals surface area contributed by atoms with Gasteiger partial charge in [0.15, 0.2) is 17.4 Å². The maximum atomic E-state index is 14.8. The SMILES string of the molecule is CCOc1c(F)cc(OC(=O)c2ccc(C3CCC(CC(C)c4ccccc4)CC3)cc2F)cc1F. The highest BCUT2D eigenvalue weighted by molar-refractivity contribution is 5.91. The minimum absolute atomic E-state index is 0.0823. The molecule has 0 aromatic heterocycles. The third-order valence-corrected chi connectivity index (χ3v) is 7.06. The Kier molecular flexibility index (Phi) is 8.34. The van der Waals surface area contributed by atoms with E-state index in [0.717, 1.165) is 49.8 Å².